The predicted molar refractivity (Wildman–Crippen MR) is 75.0 cm³/mol. The topological polar surface area (TPSA) is 38.5 Å². The monoisotopic (exact) mass is 284 g/mol. The van der Waals surface area contributed by atoms with Gasteiger partial charge in [-0.15, -0.1) is 0 Å². The van der Waals surface area contributed by atoms with Crippen LogP contribution in [0.5, 0.6) is 5.75 Å². The zero-order valence-electron chi connectivity index (χ0n) is 12.2. The summed E-state index contributed by atoms with van der Waals surface area (Å²) in [5, 5.41) is 0. The third-order valence-electron chi connectivity index (χ3n) is 3.88. The molecular formula is C15H22F2N2O. The van der Waals surface area contributed by atoms with Gasteiger partial charge in [-0.3, -0.25) is 4.90 Å². The van der Waals surface area contributed by atoms with E-state index in [-0.39, 0.29) is 11.8 Å². The number of hydrogen-bond acceptors (Lipinski definition) is 3. The Hall–Kier alpha value is -1.20. The van der Waals surface area contributed by atoms with Gasteiger partial charge in [0, 0.05) is 25.7 Å². The van der Waals surface area contributed by atoms with Crippen LogP contribution >= 0.6 is 0 Å². The van der Waals surface area contributed by atoms with Crippen molar-refractivity contribution in [3.8, 4) is 5.75 Å². The summed E-state index contributed by atoms with van der Waals surface area (Å²) >= 11 is 0. The number of alkyl halides is 2. The van der Waals surface area contributed by atoms with E-state index in [9.17, 15) is 8.78 Å². The minimum absolute atomic E-state index is 0.221. The maximum Gasteiger partial charge on any atom is 0.387 e. The average Bonchev–Trinajstić information content (AvgIpc) is 2.63. The molecule has 3 nitrogen and oxygen atoms in total. The second kappa shape index (κ2) is 6.06. The fraction of sp³-hybridized carbons (Fsp3) is 0.600. The number of nitrogens with zero attached hydrogens (tertiary/aromatic N) is 1. The number of nitrogens with two attached hydrogens (primary N) is 1. The summed E-state index contributed by atoms with van der Waals surface area (Å²) in [7, 11) is 0. The molecule has 0 bridgehead atoms. The normalized spacial score (nSPS) is 23.6. The summed E-state index contributed by atoms with van der Waals surface area (Å²) in [5.74, 6) is 0.786. The lowest BCUT2D eigenvalue weighted by atomic mass is 10.1. The molecule has 0 amide bonds. The van der Waals surface area contributed by atoms with E-state index in [0.717, 1.165) is 36.3 Å². The molecule has 1 heterocycles. The third-order valence-corrected chi connectivity index (χ3v) is 3.88. The van der Waals surface area contributed by atoms with Crippen LogP contribution in [0.1, 0.15) is 23.6 Å². The number of hydrogen-bond donors (Lipinski definition) is 1. The quantitative estimate of drug-likeness (QED) is 0.924. The van der Waals surface area contributed by atoms with Gasteiger partial charge in [0.25, 0.3) is 0 Å². The van der Waals surface area contributed by atoms with Crippen molar-refractivity contribution in [2.45, 2.75) is 40.0 Å². The maximum absolute atomic E-state index is 12.4. The number of ether oxygens (including phenoxy) is 1. The van der Waals surface area contributed by atoms with Crippen molar-refractivity contribution >= 4 is 0 Å². The lowest BCUT2D eigenvalue weighted by Crippen LogP contribution is -2.28. The van der Waals surface area contributed by atoms with Crippen molar-refractivity contribution in [1.82, 2.24) is 4.90 Å². The van der Waals surface area contributed by atoms with Crippen molar-refractivity contribution in [3.63, 3.8) is 0 Å². The highest BCUT2D eigenvalue weighted by atomic mass is 19.3. The van der Waals surface area contributed by atoms with Gasteiger partial charge in [-0.2, -0.15) is 8.78 Å². The van der Waals surface area contributed by atoms with E-state index in [0.29, 0.717) is 5.92 Å². The first kappa shape index (κ1) is 15.2. The van der Waals surface area contributed by atoms with E-state index in [4.69, 9.17) is 5.73 Å². The number of benzene rings is 1. The molecule has 112 valence electrons. The first-order valence-corrected chi connectivity index (χ1v) is 6.89. The Bertz CT molecular complexity index is 446. The number of halogens is 2. The maximum atomic E-state index is 12.4. The van der Waals surface area contributed by atoms with Gasteiger partial charge in [0.2, 0.25) is 0 Å². The first-order valence-electron chi connectivity index (χ1n) is 6.89. The van der Waals surface area contributed by atoms with Gasteiger partial charge in [-0.1, -0.05) is 19.1 Å². The predicted octanol–water partition coefficient (Wildman–Crippen LogP) is 2.68. The number of aryl methyl sites for hydroxylation is 2. The van der Waals surface area contributed by atoms with Crippen LogP contribution in [-0.4, -0.2) is 30.6 Å². The zero-order chi connectivity index (χ0) is 14.9. The van der Waals surface area contributed by atoms with Gasteiger partial charge in [0.1, 0.15) is 5.75 Å². The fourth-order valence-electron chi connectivity index (χ4n) is 2.89. The standard InChI is InChI=1S/C15H22F2N2O/c1-9-4-12(5-10(2)14(9)20-15(16)17)7-19-6-11(3)13(18)8-19/h4-5,11,13,15H,6-8,18H2,1-3H3. The van der Waals surface area contributed by atoms with E-state index in [1.54, 1.807) is 13.8 Å². The van der Waals surface area contributed by atoms with Crippen LogP contribution in [0.15, 0.2) is 12.1 Å². The molecule has 0 aliphatic carbocycles. The lowest BCUT2D eigenvalue weighted by molar-refractivity contribution is -0.0507. The second-order valence-electron chi connectivity index (χ2n) is 5.77. The van der Waals surface area contributed by atoms with Crippen LogP contribution in [-0.2, 0) is 6.54 Å². The average molecular weight is 284 g/mol. The summed E-state index contributed by atoms with van der Waals surface area (Å²) < 4.78 is 29.3. The van der Waals surface area contributed by atoms with Crippen molar-refractivity contribution in [1.29, 1.82) is 0 Å². The molecule has 1 aromatic carbocycles. The SMILES string of the molecule is Cc1cc(CN2CC(C)C(N)C2)cc(C)c1OC(F)F. The summed E-state index contributed by atoms with van der Waals surface area (Å²) in [5.41, 5.74) is 8.62. The molecular weight excluding hydrogens is 262 g/mol. The van der Waals surface area contributed by atoms with Crippen LogP contribution in [0.25, 0.3) is 0 Å². The van der Waals surface area contributed by atoms with Gasteiger partial charge in [-0.05, 0) is 36.5 Å². The Labute approximate surface area is 118 Å². The van der Waals surface area contributed by atoms with Gasteiger partial charge < -0.3 is 10.5 Å². The van der Waals surface area contributed by atoms with E-state index in [2.05, 4.69) is 16.6 Å². The van der Waals surface area contributed by atoms with Crippen LogP contribution in [0.4, 0.5) is 8.78 Å². The second-order valence-corrected chi connectivity index (χ2v) is 5.77. The molecule has 1 fully saturated rings. The molecule has 20 heavy (non-hydrogen) atoms. The molecule has 2 N–H and O–H groups in total. The molecule has 0 radical (unpaired) electrons. The molecule has 0 spiro atoms. The smallest absolute Gasteiger partial charge is 0.387 e. The van der Waals surface area contributed by atoms with Crippen LogP contribution in [0, 0.1) is 19.8 Å². The van der Waals surface area contributed by atoms with Gasteiger partial charge in [0.15, 0.2) is 0 Å². The Morgan fingerprint density at radius 3 is 2.35 bits per heavy atom. The summed E-state index contributed by atoms with van der Waals surface area (Å²) in [4.78, 5) is 2.30. The Morgan fingerprint density at radius 1 is 1.30 bits per heavy atom. The fourth-order valence-corrected chi connectivity index (χ4v) is 2.89. The highest BCUT2D eigenvalue weighted by Crippen LogP contribution is 2.27. The highest BCUT2D eigenvalue weighted by Gasteiger charge is 2.26. The summed E-state index contributed by atoms with van der Waals surface area (Å²) in [6, 6.07) is 4.05. The Kier molecular flexibility index (Phi) is 4.60. The van der Waals surface area contributed by atoms with Crippen molar-refractivity contribution < 1.29 is 13.5 Å². The van der Waals surface area contributed by atoms with Crippen molar-refractivity contribution in [2.24, 2.45) is 11.7 Å². The van der Waals surface area contributed by atoms with Gasteiger partial charge in [0.05, 0.1) is 0 Å². The minimum Gasteiger partial charge on any atom is -0.434 e. The molecule has 1 aliphatic rings. The molecule has 2 unspecified atom stereocenters. The molecule has 0 saturated carbocycles. The molecule has 1 aliphatic heterocycles. The molecule has 1 aromatic rings. The van der Waals surface area contributed by atoms with Crippen LogP contribution in [0.3, 0.4) is 0 Å². The Balaban J connectivity index is 2.10. The highest BCUT2D eigenvalue weighted by molar-refractivity contribution is 5.43. The molecule has 2 atom stereocenters. The molecule has 0 aromatic heterocycles. The number of rotatable bonds is 4. The van der Waals surface area contributed by atoms with E-state index >= 15 is 0 Å². The van der Waals surface area contributed by atoms with E-state index in [1.807, 2.05) is 12.1 Å². The molecule has 1 saturated heterocycles. The lowest BCUT2D eigenvalue weighted by Gasteiger charge is -2.18. The largest absolute Gasteiger partial charge is 0.434 e. The molecule has 2 rings (SSSR count). The van der Waals surface area contributed by atoms with Crippen molar-refractivity contribution in [2.75, 3.05) is 13.1 Å². The van der Waals surface area contributed by atoms with Crippen LogP contribution in [0.2, 0.25) is 0 Å². The molecule has 5 heteroatoms. The van der Waals surface area contributed by atoms with Gasteiger partial charge in [-0.25, -0.2) is 0 Å². The Morgan fingerprint density at radius 2 is 1.90 bits per heavy atom. The summed E-state index contributed by atoms with van der Waals surface area (Å²) in [6.45, 7) is 5.63. The van der Waals surface area contributed by atoms with Gasteiger partial charge >= 0.3 is 6.61 Å². The van der Waals surface area contributed by atoms with E-state index in [1.165, 1.54) is 0 Å². The third kappa shape index (κ3) is 3.46. The zero-order valence-corrected chi connectivity index (χ0v) is 12.2. The minimum atomic E-state index is -2.78. The summed E-state index contributed by atoms with van der Waals surface area (Å²) in [6.07, 6.45) is 0. The van der Waals surface area contributed by atoms with E-state index < -0.39 is 6.61 Å². The number of likely N-dealkylation sites (tertiary alicyclic amines) is 1. The van der Waals surface area contributed by atoms with Crippen LogP contribution < -0.4 is 10.5 Å². The van der Waals surface area contributed by atoms with Crippen molar-refractivity contribution in [3.05, 3.63) is 28.8 Å². The first-order chi connectivity index (χ1) is 9.36.